The molecule has 0 aromatic heterocycles. The van der Waals surface area contributed by atoms with Gasteiger partial charge in [-0.3, -0.25) is 4.79 Å². The fourth-order valence-corrected chi connectivity index (χ4v) is 3.67. The van der Waals surface area contributed by atoms with Crippen molar-refractivity contribution >= 4 is 5.91 Å². The fraction of sp³-hybridized carbons (Fsp3) is 0.923. The van der Waals surface area contributed by atoms with Crippen molar-refractivity contribution in [1.82, 2.24) is 10.2 Å². The third kappa shape index (κ3) is 1.97. The highest BCUT2D eigenvalue weighted by Crippen LogP contribution is 2.38. The maximum atomic E-state index is 12.5. The highest BCUT2D eigenvalue weighted by molar-refractivity contribution is 5.81. The molecule has 0 aromatic rings. The van der Waals surface area contributed by atoms with Crippen LogP contribution < -0.4 is 5.32 Å². The quantitative estimate of drug-likeness (QED) is 0.784. The van der Waals surface area contributed by atoms with Crippen LogP contribution in [0.4, 0.5) is 0 Å². The smallest absolute Gasteiger partial charge is 0.229 e. The van der Waals surface area contributed by atoms with Crippen molar-refractivity contribution in [2.45, 2.75) is 38.3 Å². The van der Waals surface area contributed by atoms with Gasteiger partial charge in [0, 0.05) is 18.6 Å². The van der Waals surface area contributed by atoms with Gasteiger partial charge in [-0.1, -0.05) is 6.92 Å². The van der Waals surface area contributed by atoms with Crippen LogP contribution in [0.25, 0.3) is 0 Å². The predicted molar refractivity (Wildman–Crippen MR) is 64.6 cm³/mol. The van der Waals surface area contributed by atoms with Crippen LogP contribution in [0.15, 0.2) is 0 Å². The summed E-state index contributed by atoms with van der Waals surface area (Å²) in [6.45, 7) is 5.27. The molecular formula is C13H22N2O2. The van der Waals surface area contributed by atoms with Crippen LogP contribution in [0.1, 0.15) is 26.2 Å². The summed E-state index contributed by atoms with van der Waals surface area (Å²) in [6, 6.07) is 0.766. The molecule has 1 N–H and O–H groups in total. The zero-order chi connectivity index (χ0) is 11.8. The maximum Gasteiger partial charge on any atom is 0.229 e. The number of likely N-dealkylation sites (tertiary alicyclic amines) is 1. The van der Waals surface area contributed by atoms with Gasteiger partial charge >= 0.3 is 0 Å². The van der Waals surface area contributed by atoms with Crippen LogP contribution in [-0.2, 0) is 9.53 Å². The van der Waals surface area contributed by atoms with Crippen LogP contribution in [0.5, 0.6) is 0 Å². The highest BCUT2D eigenvalue weighted by Gasteiger charge is 2.44. The first kappa shape index (κ1) is 11.5. The van der Waals surface area contributed by atoms with Crippen LogP contribution in [0.3, 0.4) is 0 Å². The van der Waals surface area contributed by atoms with Gasteiger partial charge in [0.15, 0.2) is 0 Å². The summed E-state index contributed by atoms with van der Waals surface area (Å²) in [5, 5.41) is 3.37. The van der Waals surface area contributed by atoms with Crippen molar-refractivity contribution in [2.24, 2.45) is 11.8 Å². The van der Waals surface area contributed by atoms with Gasteiger partial charge in [0.05, 0.1) is 19.1 Å². The number of hydrogen-bond donors (Lipinski definition) is 1. The minimum atomic E-state index is 0.0503. The molecule has 4 unspecified atom stereocenters. The highest BCUT2D eigenvalue weighted by atomic mass is 16.5. The number of carbonyl (C=O) groups excluding carboxylic acids is 1. The largest absolute Gasteiger partial charge is 0.379 e. The number of amides is 1. The third-order valence-electron chi connectivity index (χ3n) is 4.56. The van der Waals surface area contributed by atoms with E-state index in [1.54, 1.807) is 0 Å². The molecule has 4 nitrogen and oxygen atoms in total. The van der Waals surface area contributed by atoms with Gasteiger partial charge in [0.25, 0.3) is 0 Å². The number of likely N-dealkylation sites (N-methyl/N-ethyl adjacent to an activating group) is 1. The minimum absolute atomic E-state index is 0.0503. The molecule has 0 spiro atoms. The summed E-state index contributed by atoms with van der Waals surface area (Å²) < 4.78 is 5.47. The molecule has 1 saturated carbocycles. The predicted octanol–water partition coefficient (Wildman–Crippen LogP) is 0.622. The molecule has 4 atom stereocenters. The normalized spacial score (nSPS) is 40.2. The summed E-state index contributed by atoms with van der Waals surface area (Å²) in [6.07, 6.45) is 3.79. The Hall–Kier alpha value is -0.610. The number of ether oxygens (including phenoxy) is 1. The first-order valence-corrected chi connectivity index (χ1v) is 6.91. The Bertz CT molecular complexity index is 308. The summed E-state index contributed by atoms with van der Waals surface area (Å²) in [7, 11) is 0. The number of nitrogens with zero attached hydrogens (tertiary/aromatic N) is 1. The summed E-state index contributed by atoms with van der Waals surface area (Å²) in [5.74, 6) is 1.17. The third-order valence-corrected chi connectivity index (χ3v) is 4.56. The topological polar surface area (TPSA) is 41.6 Å². The lowest BCUT2D eigenvalue weighted by molar-refractivity contribution is -0.137. The van der Waals surface area contributed by atoms with E-state index in [-0.39, 0.29) is 12.0 Å². The molecule has 3 aliphatic rings. The van der Waals surface area contributed by atoms with Crippen molar-refractivity contribution in [2.75, 3.05) is 26.3 Å². The number of rotatable bonds is 3. The van der Waals surface area contributed by atoms with Gasteiger partial charge in [-0.05, 0) is 31.7 Å². The molecule has 2 aliphatic heterocycles. The summed E-state index contributed by atoms with van der Waals surface area (Å²) in [5.41, 5.74) is 0. The number of hydrogen-bond acceptors (Lipinski definition) is 3. The van der Waals surface area contributed by atoms with Crippen molar-refractivity contribution in [3.8, 4) is 0 Å². The van der Waals surface area contributed by atoms with E-state index < -0.39 is 0 Å². The molecule has 2 saturated heterocycles. The van der Waals surface area contributed by atoms with Gasteiger partial charge in [0.1, 0.15) is 0 Å². The van der Waals surface area contributed by atoms with Crippen molar-refractivity contribution in [1.29, 1.82) is 0 Å². The first-order chi connectivity index (χ1) is 8.29. The molecule has 0 radical (unpaired) electrons. The molecule has 1 amide bonds. The number of nitrogens with one attached hydrogen (secondary N) is 1. The summed E-state index contributed by atoms with van der Waals surface area (Å²) >= 11 is 0. The Kier molecular flexibility index (Phi) is 3.09. The summed E-state index contributed by atoms with van der Waals surface area (Å²) in [4.78, 5) is 14.7. The Balaban J connectivity index is 1.65. The van der Waals surface area contributed by atoms with E-state index in [0.717, 1.165) is 19.0 Å². The molecule has 96 valence electrons. The zero-order valence-electron chi connectivity index (χ0n) is 10.5. The van der Waals surface area contributed by atoms with E-state index in [1.165, 1.54) is 19.3 Å². The molecule has 3 rings (SSSR count). The van der Waals surface area contributed by atoms with Gasteiger partial charge in [-0.2, -0.15) is 0 Å². The van der Waals surface area contributed by atoms with E-state index >= 15 is 0 Å². The molecular weight excluding hydrogens is 216 g/mol. The molecule has 2 heterocycles. The lowest BCUT2D eigenvalue weighted by Crippen LogP contribution is -2.48. The number of fused-ring (bicyclic) bond motifs is 2. The zero-order valence-corrected chi connectivity index (χ0v) is 10.5. The molecule has 1 aliphatic carbocycles. The van der Waals surface area contributed by atoms with Crippen LogP contribution in [0.2, 0.25) is 0 Å². The standard InChI is InChI=1S/C13H22N2O2/c1-2-14-12-8-17-7-11(12)13(16)15-6-9-3-4-10(15)5-9/h9-12,14H,2-8H2,1H3. The Labute approximate surface area is 103 Å². The molecule has 0 aromatic carbocycles. The first-order valence-electron chi connectivity index (χ1n) is 6.91. The molecule has 2 bridgehead atoms. The second-order valence-electron chi connectivity index (χ2n) is 5.63. The Morgan fingerprint density at radius 2 is 2.29 bits per heavy atom. The lowest BCUT2D eigenvalue weighted by atomic mass is 10.00. The van der Waals surface area contributed by atoms with Crippen molar-refractivity contribution in [3.05, 3.63) is 0 Å². The van der Waals surface area contributed by atoms with Gasteiger partial charge in [-0.15, -0.1) is 0 Å². The second-order valence-corrected chi connectivity index (χ2v) is 5.63. The number of piperidine rings is 1. The van der Waals surface area contributed by atoms with E-state index in [2.05, 4.69) is 17.1 Å². The van der Waals surface area contributed by atoms with Crippen molar-refractivity contribution in [3.63, 3.8) is 0 Å². The van der Waals surface area contributed by atoms with E-state index in [4.69, 9.17) is 4.74 Å². The monoisotopic (exact) mass is 238 g/mol. The van der Waals surface area contributed by atoms with Crippen LogP contribution in [-0.4, -0.2) is 49.2 Å². The average Bonchev–Trinajstić information content (AvgIpc) is 3.03. The Morgan fingerprint density at radius 1 is 1.41 bits per heavy atom. The Morgan fingerprint density at radius 3 is 2.94 bits per heavy atom. The maximum absolute atomic E-state index is 12.5. The average molecular weight is 238 g/mol. The SMILES string of the molecule is CCNC1COCC1C(=O)N1CC2CCC1C2. The lowest BCUT2D eigenvalue weighted by Gasteiger charge is -2.31. The molecule has 17 heavy (non-hydrogen) atoms. The van der Waals surface area contributed by atoms with Gasteiger partial charge < -0.3 is 15.0 Å². The fourth-order valence-electron chi connectivity index (χ4n) is 3.67. The van der Waals surface area contributed by atoms with Crippen LogP contribution >= 0.6 is 0 Å². The van der Waals surface area contributed by atoms with Gasteiger partial charge in [-0.25, -0.2) is 0 Å². The number of carbonyl (C=O) groups is 1. The van der Waals surface area contributed by atoms with Gasteiger partial charge in [0.2, 0.25) is 5.91 Å². The van der Waals surface area contributed by atoms with Crippen molar-refractivity contribution < 1.29 is 9.53 Å². The van der Waals surface area contributed by atoms with E-state index in [9.17, 15) is 4.79 Å². The molecule has 3 fully saturated rings. The molecule has 4 heteroatoms. The second kappa shape index (κ2) is 4.58. The minimum Gasteiger partial charge on any atom is -0.379 e. The van der Waals surface area contributed by atoms with Crippen LogP contribution in [0, 0.1) is 11.8 Å². The van der Waals surface area contributed by atoms with E-state index in [1.807, 2.05) is 0 Å². The van der Waals surface area contributed by atoms with E-state index in [0.29, 0.717) is 25.2 Å².